The first-order valence-corrected chi connectivity index (χ1v) is 8.30. The summed E-state index contributed by atoms with van der Waals surface area (Å²) in [5.74, 6) is -1.90. The summed E-state index contributed by atoms with van der Waals surface area (Å²) >= 11 is 0. The maximum Gasteiger partial charge on any atom is 0.322 e. The van der Waals surface area contributed by atoms with Gasteiger partial charge in [0.2, 0.25) is 0 Å². The zero-order valence-corrected chi connectivity index (χ0v) is 14.3. The first-order chi connectivity index (χ1) is 11.7. The van der Waals surface area contributed by atoms with E-state index in [1.165, 1.54) is 37.9 Å². The van der Waals surface area contributed by atoms with E-state index in [-0.39, 0.29) is 5.78 Å². The summed E-state index contributed by atoms with van der Waals surface area (Å²) in [6, 6.07) is 8.08. The van der Waals surface area contributed by atoms with Crippen molar-refractivity contribution in [3.05, 3.63) is 35.9 Å². The standard InChI is InChI=1S/C19H24N2O3/c1-3-20-14-17(19(23)24-2)18(22)11-8-15-6-9-16(10-7-15)21-12-4-5-13-21/h6-11,14,17H,3-5,12-13H2,1-2H3. The van der Waals surface area contributed by atoms with Gasteiger partial charge < -0.3 is 9.64 Å². The Hall–Kier alpha value is -2.43. The molecule has 0 spiro atoms. The molecule has 1 atom stereocenters. The minimum Gasteiger partial charge on any atom is -0.468 e. The maximum absolute atomic E-state index is 12.2. The fraction of sp³-hybridized carbons (Fsp3) is 0.421. The zero-order valence-electron chi connectivity index (χ0n) is 14.3. The molecule has 0 aromatic heterocycles. The predicted molar refractivity (Wildman–Crippen MR) is 96.5 cm³/mol. The third-order valence-electron chi connectivity index (χ3n) is 4.00. The quantitative estimate of drug-likeness (QED) is 0.334. The first kappa shape index (κ1) is 17.9. The van der Waals surface area contributed by atoms with Gasteiger partial charge in [0, 0.05) is 31.5 Å². The molecule has 1 heterocycles. The number of rotatable bonds is 7. The van der Waals surface area contributed by atoms with E-state index in [4.69, 9.17) is 0 Å². The van der Waals surface area contributed by atoms with Gasteiger partial charge in [0.1, 0.15) is 0 Å². The van der Waals surface area contributed by atoms with Crippen LogP contribution < -0.4 is 4.90 Å². The van der Waals surface area contributed by atoms with Gasteiger partial charge in [0.05, 0.1) is 7.11 Å². The van der Waals surface area contributed by atoms with Crippen LogP contribution in [-0.4, -0.2) is 44.7 Å². The molecule has 0 N–H and O–H groups in total. The van der Waals surface area contributed by atoms with Crippen molar-refractivity contribution in [1.82, 2.24) is 0 Å². The van der Waals surface area contributed by atoms with Gasteiger partial charge in [0.25, 0.3) is 0 Å². The van der Waals surface area contributed by atoms with Crippen molar-refractivity contribution in [3.8, 4) is 0 Å². The molecular weight excluding hydrogens is 304 g/mol. The minimum atomic E-state index is -0.977. The summed E-state index contributed by atoms with van der Waals surface area (Å²) < 4.78 is 4.66. The molecule has 0 radical (unpaired) electrons. The number of aliphatic imine (C=N–C) groups is 1. The van der Waals surface area contributed by atoms with Gasteiger partial charge >= 0.3 is 5.97 Å². The normalized spacial score (nSPS) is 16.0. The Morgan fingerprint density at radius 2 is 1.92 bits per heavy atom. The number of methoxy groups -OCH3 is 1. The highest BCUT2D eigenvalue weighted by atomic mass is 16.5. The highest BCUT2D eigenvalue weighted by Gasteiger charge is 2.23. The fourth-order valence-corrected chi connectivity index (χ4v) is 2.64. The first-order valence-electron chi connectivity index (χ1n) is 8.30. The third-order valence-corrected chi connectivity index (χ3v) is 4.00. The third kappa shape index (κ3) is 4.78. The Labute approximate surface area is 143 Å². The van der Waals surface area contributed by atoms with Gasteiger partial charge in [0.15, 0.2) is 11.7 Å². The number of ketones is 1. The average Bonchev–Trinajstić information content (AvgIpc) is 3.15. The molecule has 5 nitrogen and oxygen atoms in total. The number of esters is 1. The summed E-state index contributed by atoms with van der Waals surface area (Å²) in [7, 11) is 1.27. The molecule has 1 aliphatic rings. The molecule has 0 bridgehead atoms. The molecule has 1 aromatic carbocycles. The van der Waals surface area contributed by atoms with Gasteiger partial charge in [-0.3, -0.25) is 14.6 Å². The summed E-state index contributed by atoms with van der Waals surface area (Å²) in [5, 5.41) is 0. The van der Waals surface area contributed by atoms with Gasteiger partial charge in [-0.2, -0.15) is 0 Å². The number of hydrogen-bond donors (Lipinski definition) is 0. The van der Waals surface area contributed by atoms with Crippen LogP contribution in [0.5, 0.6) is 0 Å². The maximum atomic E-state index is 12.2. The van der Waals surface area contributed by atoms with E-state index >= 15 is 0 Å². The SMILES string of the molecule is CCN=CC(C(=O)C=Cc1ccc(N2CCCC2)cc1)C(=O)OC. The Morgan fingerprint density at radius 1 is 1.25 bits per heavy atom. The lowest BCUT2D eigenvalue weighted by molar-refractivity contribution is -0.145. The molecule has 0 aliphatic carbocycles. The molecule has 0 saturated carbocycles. The molecular formula is C19H24N2O3. The van der Waals surface area contributed by atoms with Crippen LogP contribution in [-0.2, 0) is 14.3 Å². The van der Waals surface area contributed by atoms with Crippen LogP contribution in [0.25, 0.3) is 6.08 Å². The molecule has 1 aliphatic heterocycles. The largest absolute Gasteiger partial charge is 0.468 e. The molecule has 1 unspecified atom stereocenters. The minimum absolute atomic E-state index is 0.331. The van der Waals surface area contributed by atoms with E-state index in [2.05, 4.69) is 26.8 Å². The van der Waals surface area contributed by atoms with Crippen LogP contribution in [0.2, 0.25) is 0 Å². The van der Waals surface area contributed by atoms with Crippen molar-refractivity contribution in [3.63, 3.8) is 0 Å². The van der Waals surface area contributed by atoms with Crippen molar-refractivity contribution in [2.24, 2.45) is 10.9 Å². The molecule has 128 valence electrons. The average molecular weight is 328 g/mol. The number of ether oxygens (including phenoxy) is 1. The second kappa shape index (κ2) is 9.01. The summed E-state index contributed by atoms with van der Waals surface area (Å²) in [6.07, 6.45) is 6.96. The number of carbonyl (C=O) groups is 2. The van der Waals surface area contributed by atoms with E-state index in [0.29, 0.717) is 6.54 Å². The molecule has 1 saturated heterocycles. The Balaban J connectivity index is 2.03. The monoisotopic (exact) mass is 328 g/mol. The van der Waals surface area contributed by atoms with E-state index in [9.17, 15) is 9.59 Å². The van der Waals surface area contributed by atoms with Crippen molar-refractivity contribution in [1.29, 1.82) is 0 Å². The number of carbonyl (C=O) groups excluding carboxylic acids is 2. The van der Waals surface area contributed by atoms with Crippen LogP contribution in [0.1, 0.15) is 25.3 Å². The van der Waals surface area contributed by atoms with Gasteiger partial charge in [-0.1, -0.05) is 18.2 Å². The highest BCUT2D eigenvalue weighted by Crippen LogP contribution is 2.20. The highest BCUT2D eigenvalue weighted by molar-refractivity contribution is 6.17. The summed E-state index contributed by atoms with van der Waals surface area (Å²) in [6.45, 7) is 4.56. The van der Waals surface area contributed by atoms with Gasteiger partial charge in [-0.05, 0) is 43.5 Å². The van der Waals surface area contributed by atoms with Crippen LogP contribution >= 0.6 is 0 Å². The molecule has 5 heteroatoms. The van der Waals surface area contributed by atoms with Crippen LogP contribution in [0.3, 0.4) is 0 Å². The van der Waals surface area contributed by atoms with Crippen LogP contribution in [0.15, 0.2) is 35.3 Å². The lowest BCUT2D eigenvalue weighted by Gasteiger charge is -2.17. The number of nitrogens with zero attached hydrogens (tertiary/aromatic N) is 2. The molecule has 1 fully saturated rings. The van der Waals surface area contributed by atoms with Crippen molar-refractivity contribution >= 4 is 29.7 Å². The Morgan fingerprint density at radius 3 is 2.50 bits per heavy atom. The topological polar surface area (TPSA) is 59.0 Å². The van der Waals surface area contributed by atoms with Gasteiger partial charge in [-0.15, -0.1) is 0 Å². The van der Waals surface area contributed by atoms with E-state index in [1.54, 1.807) is 6.08 Å². The van der Waals surface area contributed by atoms with Crippen molar-refractivity contribution in [2.75, 3.05) is 31.6 Å². The summed E-state index contributed by atoms with van der Waals surface area (Å²) in [5.41, 5.74) is 2.13. The van der Waals surface area contributed by atoms with E-state index < -0.39 is 11.9 Å². The zero-order chi connectivity index (χ0) is 17.4. The number of benzene rings is 1. The molecule has 2 rings (SSSR count). The van der Waals surface area contributed by atoms with Crippen LogP contribution in [0.4, 0.5) is 5.69 Å². The Bertz CT molecular complexity index is 614. The predicted octanol–water partition coefficient (Wildman–Crippen LogP) is 2.75. The molecule has 1 aromatic rings. The number of anilines is 1. The van der Waals surface area contributed by atoms with E-state index in [0.717, 1.165) is 18.7 Å². The van der Waals surface area contributed by atoms with Crippen molar-refractivity contribution < 1.29 is 14.3 Å². The lowest BCUT2D eigenvalue weighted by atomic mass is 10.0. The Kier molecular flexibility index (Phi) is 6.73. The fourth-order valence-electron chi connectivity index (χ4n) is 2.64. The second-order valence-electron chi connectivity index (χ2n) is 5.67. The smallest absolute Gasteiger partial charge is 0.322 e. The number of allylic oxidation sites excluding steroid dienone is 1. The second-order valence-corrected chi connectivity index (χ2v) is 5.67. The lowest BCUT2D eigenvalue weighted by Crippen LogP contribution is -2.25. The van der Waals surface area contributed by atoms with E-state index in [1.807, 2.05) is 19.1 Å². The van der Waals surface area contributed by atoms with Crippen molar-refractivity contribution in [2.45, 2.75) is 19.8 Å². The molecule has 0 amide bonds. The molecule has 24 heavy (non-hydrogen) atoms. The van der Waals surface area contributed by atoms with Crippen LogP contribution in [0, 0.1) is 5.92 Å². The van der Waals surface area contributed by atoms with Gasteiger partial charge in [-0.25, -0.2) is 0 Å². The number of hydrogen-bond acceptors (Lipinski definition) is 5. The summed E-state index contributed by atoms with van der Waals surface area (Å²) in [4.78, 5) is 30.2.